The number of hydrogen-bond donors (Lipinski definition) is 0. The van der Waals surface area contributed by atoms with Gasteiger partial charge in [0.1, 0.15) is 0 Å². The van der Waals surface area contributed by atoms with Crippen LogP contribution in [0.2, 0.25) is 5.02 Å². The summed E-state index contributed by atoms with van der Waals surface area (Å²) in [5.74, 6) is -0.0488. The topological polar surface area (TPSA) is 23.8 Å². The SMILES string of the molecule is C[C@H](C#N)c1ccc(Cl)cc1. The van der Waals surface area contributed by atoms with E-state index >= 15 is 0 Å². The van der Waals surface area contributed by atoms with Gasteiger partial charge in [0.05, 0.1) is 12.0 Å². The Morgan fingerprint density at radius 1 is 1.36 bits per heavy atom. The van der Waals surface area contributed by atoms with Crippen LogP contribution in [0.1, 0.15) is 18.4 Å². The van der Waals surface area contributed by atoms with E-state index in [0.29, 0.717) is 5.02 Å². The van der Waals surface area contributed by atoms with Gasteiger partial charge in [-0.1, -0.05) is 23.7 Å². The van der Waals surface area contributed by atoms with Crippen molar-refractivity contribution in [2.45, 2.75) is 12.8 Å². The quantitative estimate of drug-likeness (QED) is 0.628. The van der Waals surface area contributed by atoms with Gasteiger partial charge in [0, 0.05) is 5.02 Å². The second-order valence-electron chi connectivity index (χ2n) is 2.40. The summed E-state index contributed by atoms with van der Waals surface area (Å²) in [6.07, 6.45) is 0. The van der Waals surface area contributed by atoms with Gasteiger partial charge < -0.3 is 0 Å². The summed E-state index contributed by atoms with van der Waals surface area (Å²) in [4.78, 5) is 0. The third kappa shape index (κ3) is 1.96. The lowest BCUT2D eigenvalue weighted by Crippen LogP contribution is -1.87. The van der Waals surface area contributed by atoms with Crippen molar-refractivity contribution in [2.75, 3.05) is 0 Å². The van der Waals surface area contributed by atoms with Crippen LogP contribution in [-0.2, 0) is 0 Å². The molecule has 0 fully saturated rings. The molecule has 0 aromatic heterocycles. The van der Waals surface area contributed by atoms with E-state index in [1.54, 1.807) is 12.1 Å². The number of benzene rings is 1. The highest BCUT2D eigenvalue weighted by molar-refractivity contribution is 6.30. The van der Waals surface area contributed by atoms with Crippen molar-refractivity contribution in [2.24, 2.45) is 0 Å². The Morgan fingerprint density at radius 2 is 1.91 bits per heavy atom. The van der Waals surface area contributed by atoms with Crippen LogP contribution in [0, 0.1) is 11.3 Å². The van der Waals surface area contributed by atoms with Gasteiger partial charge in [-0.3, -0.25) is 0 Å². The summed E-state index contributed by atoms with van der Waals surface area (Å²) in [7, 11) is 0. The summed E-state index contributed by atoms with van der Waals surface area (Å²) in [5.41, 5.74) is 1.01. The van der Waals surface area contributed by atoms with Gasteiger partial charge in [0.15, 0.2) is 0 Å². The van der Waals surface area contributed by atoms with Crippen molar-refractivity contribution in [3.63, 3.8) is 0 Å². The predicted molar refractivity (Wildman–Crippen MR) is 45.5 cm³/mol. The molecular weight excluding hydrogens is 158 g/mol. The van der Waals surface area contributed by atoms with Crippen LogP contribution in [0.5, 0.6) is 0 Å². The molecule has 1 rings (SSSR count). The van der Waals surface area contributed by atoms with E-state index in [0.717, 1.165) is 5.56 Å². The van der Waals surface area contributed by atoms with Gasteiger partial charge >= 0.3 is 0 Å². The lowest BCUT2D eigenvalue weighted by atomic mass is 10.0. The number of rotatable bonds is 1. The predicted octanol–water partition coefficient (Wildman–Crippen LogP) is 2.97. The van der Waals surface area contributed by atoms with Crippen LogP contribution >= 0.6 is 11.6 Å². The normalized spacial score (nSPS) is 12.1. The molecule has 0 spiro atoms. The second-order valence-corrected chi connectivity index (χ2v) is 2.84. The monoisotopic (exact) mass is 165 g/mol. The Bertz CT molecular complexity index is 271. The molecule has 0 unspecified atom stereocenters. The molecule has 1 atom stereocenters. The minimum Gasteiger partial charge on any atom is -0.198 e. The molecule has 0 N–H and O–H groups in total. The van der Waals surface area contributed by atoms with Crippen LogP contribution in [0.15, 0.2) is 24.3 Å². The first kappa shape index (κ1) is 8.10. The molecule has 11 heavy (non-hydrogen) atoms. The molecule has 0 saturated carbocycles. The van der Waals surface area contributed by atoms with Crippen molar-refractivity contribution >= 4 is 11.6 Å². The van der Waals surface area contributed by atoms with E-state index < -0.39 is 0 Å². The van der Waals surface area contributed by atoms with Gasteiger partial charge in [-0.25, -0.2) is 0 Å². The molecular formula is C9H8ClN. The largest absolute Gasteiger partial charge is 0.198 e. The summed E-state index contributed by atoms with van der Waals surface area (Å²) in [6, 6.07) is 9.49. The molecule has 0 amide bonds. The van der Waals surface area contributed by atoms with E-state index in [9.17, 15) is 0 Å². The first-order valence-corrected chi connectivity index (χ1v) is 3.77. The molecule has 0 radical (unpaired) electrons. The minimum atomic E-state index is -0.0488. The molecule has 0 saturated heterocycles. The van der Waals surface area contributed by atoms with Crippen LogP contribution in [0.3, 0.4) is 0 Å². The van der Waals surface area contributed by atoms with Crippen molar-refractivity contribution in [3.8, 4) is 6.07 Å². The number of halogens is 1. The fourth-order valence-corrected chi connectivity index (χ4v) is 0.952. The molecule has 1 aromatic carbocycles. The van der Waals surface area contributed by atoms with Gasteiger partial charge in [0.25, 0.3) is 0 Å². The van der Waals surface area contributed by atoms with Crippen molar-refractivity contribution in [3.05, 3.63) is 34.9 Å². The van der Waals surface area contributed by atoms with Crippen LogP contribution in [0.25, 0.3) is 0 Å². The number of nitriles is 1. The number of nitrogens with zero attached hydrogens (tertiary/aromatic N) is 1. The Morgan fingerprint density at radius 3 is 2.36 bits per heavy atom. The summed E-state index contributed by atoms with van der Waals surface area (Å²) in [6.45, 7) is 1.86. The Balaban J connectivity index is 2.92. The molecule has 0 aliphatic rings. The van der Waals surface area contributed by atoms with Crippen molar-refractivity contribution in [1.82, 2.24) is 0 Å². The zero-order chi connectivity index (χ0) is 8.27. The molecule has 0 heterocycles. The van der Waals surface area contributed by atoms with E-state index in [1.807, 2.05) is 19.1 Å². The highest BCUT2D eigenvalue weighted by Gasteiger charge is 2.01. The van der Waals surface area contributed by atoms with Crippen molar-refractivity contribution in [1.29, 1.82) is 5.26 Å². The molecule has 1 nitrogen and oxygen atoms in total. The van der Waals surface area contributed by atoms with Crippen LogP contribution in [-0.4, -0.2) is 0 Å². The number of hydrogen-bond acceptors (Lipinski definition) is 1. The lowest BCUT2D eigenvalue weighted by molar-refractivity contribution is 0.982. The zero-order valence-corrected chi connectivity index (χ0v) is 6.97. The third-order valence-electron chi connectivity index (χ3n) is 1.56. The maximum Gasteiger partial charge on any atom is 0.0700 e. The van der Waals surface area contributed by atoms with E-state index in [-0.39, 0.29) is 5.92 Å². The van der Waals surface area contributed by atoms with Crippen LogP contribution in [0.4, 0.5) is 0 Å². The Kier molecular flexibility index (Phi) is 2.51. The lowest BCUT2D eigenvalue weighted by Gasteiger charge is -2.00. The van der Waals surface area contributed by atoms with E-state index in [1.165, 1.54) is 0 Å². The van der Waals surface area contributed by atoms with Gasteiger partial charge in [-0.05, 0) is 24.6 Å². The first-order valence-electron chi connectivity index (χ1n) is 3.39. The molecule has 2 heteroatoms. The maximum absolute atomic E-state index is 8.57. The smallest absolute Gasteiger partial charge is 0.0700 e. The average molecular weight is 166 g/mol. The minimum absolute atomic E-state index is 0.0488. The highest BCUT2D eigenvalue weighted by Crippen LogP contribution is 2.16. The van der Waals surface area contributed by atoms with Gasteiger partial charge in [0.2, 0.25) is 0 Å². The molecule has 0 bridgehead atoms. The Hall–Kier alpha value is -1.00. The second kappa shape index (κ2) is 3.41. The molecule has 0 aliphatic carbocycles. The molecule has 0 aliphatic heterocycles. The fourth-order valence-electron chi connectivity index (χ4n) is 0.826. The Labute approximate surface area is 71.2 Å². The zero-order valence-electron chi connectivity index (χ0n) is 6.21. The molecule has 1 aromatic rings. The van der Waals surface area contributed by atoms with Gasteiger partial charge in [-0.15, -0.1) is 0 Å². The molecule has 56 valence electrons. The third-order valence-corrected chi connectivity index (χ3v) is 1.82. The summed E-state index contributed by atoms with van der Waals surface area (Å²) >= 11 is 5.68. The van der Waals surface area contributed by atoms with Gasteiger partial charge in [-0.2, -0.15) is 5.26 Å². The average Bonchev–Trinajstić information content (AvgIpc) is 2.05. The maximum atomic E-state index is 8.57. The highest BCUT2D eigenvalue weighted by atomic mass is 35.5. The van der Waals surface area contributed by atoms with E-state index in [2.05, 4.69) is 6.07 Å². The summed E-state index contributed by atoms with van der Waals surface area (Å²) in [5, 5.41) is 9.28. The first-order chi connectivity index (χ1) is 5.24. The summed E-state index contributed by atoms with van der Waals surface area (Å²) < 4.78 is 0. The van der Waals surface area contributed by atoms with E-state index in [4.69, 9.17) is 16.9 Å². The van der Waals surface area contributed by atoms with Crippen molar-refractivity contribution < 1.29 is 0 Å². The standard InChI is InChI=1S/C9H8ClN/c1-7(6-11)8-2-4-9(10)5-3-8/h2-5,7H,1H3/t7-/m1/s1. The van der Waals surface area contributed by atoms with Crippen LogP contribution < -0.4 is 0 Å². The fraction of sp³-hybridized carbons (Fsp3) is 0.222.